The van der Waals surface area contributed by atoms with Crippen LogP contribution in [0.2, 0.25) is 5.28 Å². The quantitative estimate of drug-likeness (QED) is 0.631. The van der Waals surface area contributed by atoms with Crippen LogP contribution in [-0.2, 0) is 9.53 Å². The third-order valence-electron chi connectivity index (χ3n) is 1.75. The summed E-state index contributed by atoms with van der Waals surface area (Å²) in [7, 11) is 0. The molecule has 0 aromatic carbocycles. The fourth-order valence-corrected chi connectivity index (χ4v) is 1.13. The van der Waals surface area contributed by atoms with Gasteiger partial charge >= 0.3 is 5.97 Å². The van der Waals surface area contributed by atoms with Crippen LogP contribution in [0.25, 0.3) is 0 Å². The minimum atomic E-state index is -0.412. The number of halogens is 1. The van der Waals surface area contributed by atoms with E-state index in [9.17, 15) is 4.79 Å². The van der Waals surface area contributed by atoms with Crippen LogP contribution >= 0.6 is 11.6 Å². The van der Waals surface area contributed by atoms with Crippen molar-refractivity contribution in [1.82, 2.24) is 9.97 Å². The predicted octanol–water partition coefficient (Wildman–Crippen LogP) is 1.37. The van der Waals surface area contributed by atoms with Crippen LogP contribution in [0.15, 0.2) is 6.20 Å². The fraction of sp³-hybridized carbons (Fsp3) is 0.400. The first-order valence-corrected chi connectivity index (χ1v) is 5.37. The van der Waals surface area contributed by atoms with E-state index in [0.717, 1.165) is 6.42 Å². The van der Waals surface area contributed by atoms with Crippen molar-refractivity contribution in [3.63, 3.8) is 0 Å². The van der Waals surface area contributed by atoms with Crippen molar-refractivity contribution in [3.05, 3.63) is 17.0 Å². The molecule has 0 fully saturated rings. The van der Waals surface area contributed by atoms with E-state index in [4.69, 9.17) is 21.6 Å². The van der Waals surface area contributed by atoms with Gasteiger partial charge in [-0.25, -0.2) is 4.98 Å². The Morgan fingerprint density at radius 3 is 3.12 bits per heavy atom. The first-order chi connectivity index (χ1) is 8.17. The van der Waals surface area contributed by atoms with E-state index in [-0.39, 0.29) is 23.2 Å². The van der Waals surface area contributed by atoms with Crippen molar-refractivity contribution in [2.45, 2.75) is 13.3 Å². The molecular formula is C10H11ClN4O2. The largest absolute Gasteiger partial charge is 0.464 e. The molecule has 6 nitrogen and oxygen atoms in total. The molecule has 90 valence electrons. The Balaban J connectivity index is 2.60. The van der Waals surface area contributed by atoms with Crippen LogP contribution in [0.4, 0.5) is 5.82 Å². The van der Waals surface area contributed by atoms with Gasteiger partial charge in [-0.05, 0) is 18.0 Å². The molecule has 0 spiro atoms. The molecule has 1 aromatic rings. The lowest BCUT2D eigenvalue weighted by Gasteiger charge is -2.06. The second-order valence-electron chi connectivity index (χ2n) is 3.09. The number of hydrogen-bond acceptors (Lipinski definition) is 6. The highest BCUT2D eigenvalue weighted by atomic mass is 35.5. The minimum Gasteiger partial charge on any atom is -0.464 e. The summed E-state index contributed by atoms with van der Waals surface area (Å²) < 4.78 is 4.86. The Morgan fingerprint density at radius 1 is 1.71 bits per heavy atom. The van der Waals surface area contributed by atoms with E-state index in [1.807, 2.05) is 13.0 Å². The maximum absolute atomic E-state index is 11.2. The highest BCUT2D eigenvalue weighted by Gasteiger charge is 2.08. The smallest absolute Gasteiger partial charge is 0.325 e. The molecule has 0 radical (unpaired) electrons. The molecule has 0 amide bonds. The molecule has 1 aromatic heterocycles. The molecular weight excluding hydrogens is 244 g/mol. The molecule has 0 saturated heterocycles. The third kappa shape index (κ3) is 4.25. The normalized spacial score (nSPS) is 9.47. The van der Waals surface area contributed by atoms with Gasteiger partial charge in [0.25, 0.3) is 0 Å². The van der Waals surface area contributed by atoms with E-state index in [1.54, 1.807) is 0 Å². The summed E-state index contributed by atoms with van der Waals surface area (Å²) in [6.07, 6.45) is 2.05. The van der Waals surface area contributed by atoms with Gasteiger partial charge in [-0.3, -0.25) is 4.79 Å². The van der Waals surface area contributed by atoms with Crippen molar-refractivity contribution in [1.29, 1.82) is 5.26 Å². The van der Waals surface area contributed by atoms with Crippen LogP contribution < -0.4 is 5.32 Å². The first-order valence-electron chi connectivity index (χ1n) is 4.99. The topological polar surface area (TPSA) is 87.9 Å². The number of esters is 1. The minimum absolute atomic E-state index is 0.00780. The zero-order chi connectivity index (χ0) is 12.7. The second-order valence-corrected chi connectivity index (χ2v) is 3.43. The molecule has 0 aliphatic carbocycles. The summed E-state index contributed by atoms with van der Waals surface area (Å²) in [6.45, 7) is 2.21. The highest BCUT2D eigenvalue weighted by Crippen LogP contribution is 2.12. The molecule has 1 N–H and O–H groups in total. The Kier molecular flexibility index (Phi) is 5.17. The first kappa shape index (κ1) is 13.2. The van der Waals surface area contributed by atoms with Crippen LogP contribution in [0.5, 0.6) is 0 Å². The number of rotatable bonds is 5. The van der Waals surface area contributed by atoms with Gasteiger partial charge < -0.3 is 10.1 Å². The van der Waals surface area contributed by atoms with Gasteiger partial charge in [-0.1, -0.05) is 6.92 Å². The maximum atomic E-state index is 11.2. The van der Waals surface area contributed by atoms with Crippen molar-refractivity contribution < 1.29 is 9.53 Å². The van der Waals surface area contributed by atoms with Gasteiger partial charge in [0.15, 0.2) is 0 Å². The van der Waals surface area contributed by atoms with Gasteiger partial charge in [0, 0.05) is 0 Å². The number of aromatic nitrogens is 2. The van der Waals surface area contributed by atoms with E-state index in [0.29, 0.717) is 6.61 Å². The molecule has 0 aliphatic rings. The van der Waals surface area contributed by atoms with E-state index >= 15 is 0 Å². The zero-order valence-corrected chi connectivity index (χ0v) is 9.99. The average molecular weight is 255 g/mol. The molecule has 0 bridgehead atoms. The molecule has 17 heavy (non-hydrogen) atoms. The number of nitrogens with one attached hydrogen (secondary N) is 1. The Morgan fingerprint density at radius 2 is 2.47 bits per heavy atom. The zero-order valence-electron chi connectivity index (χ0n) is 9.23. The summed E-state index contributed by atoms with van der Waals surface area (Å²) in [5, 5.41) is 11.5. The van der Waals surface area contributed by atoms with E-state index in [2.05, 4.69) is 15.3 Å². The van der Waals surface area contributed by atoms with E-state index in [1.165, 1.54) is 6.20 Å². The predicted molar refractivity (Wildman–Crippen MR) is 61.5 cm³/mol. The van der Waals surface area contributed by atoms with Crippen molar-refractivity contribution in [2.75, 3.05) is 18.5 Å². The lowest BCUT2D eigenvalue weighted by Crippen LogP contribution is -2.18. The van der Waals surface area contributed by atoms with E-state index < -0.39 is 5.97 Å². The van der Waals surface area contributed by atoms with Crippen molar-refractivity contribution in [2.24, 2.45) is 0 Å². The van der Waals surface area contributed by atoms with Crippen LogP contribution in [0, 0.1) is 11.3 Å². The number of hydrogen-bond donors (Lipinski definition) is 1. The Hall–Kier alpha value is -1.87. The molecule has 1 rings (SSSR count). The van der Waals surface area contributed by atoms with Crippen LogP contribution in [0.3, 0.4) is 0 Å². The molecule has 0 aliphatic heterocycles. The number of nitrogens with zero attached hydrogens (tertiary/aromatic N) is 3. The Bertz CT molecular complexity index is 444. The number of carbonyl (C=O) groups excluding carboxylic acids is 1. The average Bonchev–Trinajstić information content (AvgIpc) is 2.34. The number of ether oxygens (including phenoxy) is 1. The summed E-state index contributed by atoms with van der Waals surface area (Å²) in [5.74, 6) is -0.188. The SMILES string of the molecule is CCCOC(=O)CNc1nc(Cl)ncc1C#N. The lowest BCUT2D eigenvalue weighted by atomic mass is 10.3. The molecule has 1 heterocycles. The number of anilines is 1. The standard InChI is InChI=1S/C10H11ClN4O2/c1-2-3-17-8(16)6-13-9-7(4-12)5-14-10(11)15-9/h5H,2-3,6H2,1H3,(H,13,14,15). The summed E-state index contributed by atoms with van der Waals surface area (Å²) in [4.78, 5) is 18.7. The fourth-order valence-electron chi connectivity index (χ4n) is 1.000. The maximum Gasteiger partial charge on any atom is 0.325 e. The number of nitriles is 1. The highest BCUT2D eigenvalue weighted by molar-refractivity contribution is 6.28. The molecule has 0 saturated carbocycles. The third-order valence-corrected chi connectivity index (χ3v) is 1.93. The van der Waals surface area contributed by atoms with Gasteiger partial charge in [0.2, 0.25) is 5.28 Å². The van der Waals surface area contributed by atoms with Crippen molar-refractivity contribution >= 4 is 23.4 Å². The van der Waals surface area contributed by atoms with Crippen molar-refractivity contribution in [3.8, 4) is 6.07 Å². The summed E-state index contributed by atoms with van der Waals surface area (Å²) in [5.41, 5.74) is 0.220. The van der Waals surface area contributed by atoms with Crippen LogP contribution in [0.1, 0.15) is 18.9 Å². The van der Waals surface area contributed by atoms with Gasteiger partial charge in [0.1, 0.15) is 24.0 Å². The lowest BCUT2D eigenvalue weighted by molar-refractivity contribution is -0.141. The summed E-state index contributed by atoms with van der Waals surface area (Å²) in [6, 6.07) is 1.89. The van der Waals surface area contributed by atoms with Gasteiger partial charge in [0.05, 0.1) is 12.8 Å². The Labute approximate surface area is 104 Å². The molecule has 0 unspecified atom stereocenters. The molecule has 0 atom stereocenters. The van der Waals surface area contributed by atoms with Gasteiger partial charge in [-0.15, -0.1) is 0 Å². The van der Waals surface area contributed by atoms with Crippen LogP contribution in [-0.4, -0.2) is 29.1 Å². The number of carbonyl (C=O) groups is 1. The molecule has 7 heteroatoms. The summed E-state index contributed by atoms with van der Waals surface area (Å²) >= 11 is 5.58. The second kappa shape index (κ2) is 6.66. The van der Waals surface area contributed by atoms with Gasteiger partial charge in [-0.2, -0.15) is 10.2 Å². The monoisotopic (exact) mass is 254 g/mol.